The minimum absolute atomic E-state index is 0.239. The number of carbonyl (C=O) groups is 1. The highest BCUT2D eigenvalue weighted by Gasteiger charge is 2.14. The maximum absolute atomic E-state index is 13.4. The number of nitrogens with zero attached hydrogens (tertiary/aromatic N) is 2. The molecule has 0 amide bonds. The fourth-order valence-corrected chi connectivity index (χ4v) is 1.57. The second-order valence-corrected chi connectivity index (χ2v) is 4.11. The quantitative estimate of drug-likeness (QED) is 0.447. The highest BCUT2D eigenvalue weighted by atomic mass is 19.1. The van der Waals surface area contributed by atoms with Gasteiger partial charge in [-0.05, 0) is 18.7 Å². The molecule has 0 atom stereocenters. The number of esters is 1. The van der Waals surface area contributed by atoms with Crippen molar-refractivity contribution in [1.29, 1.82) is 0 Å². The lowest BCUT2D eigenvalue weighted by Crippen LogP contribution is -2.22. The number of methoxy groups -OCH3 is 1. The monoisotopic (exact) mass is 270 g/mol. The Hall–Kier alpha value is -2.02. The summed E-state index contributed by atoms with van der Waals surface area (Å²) in [5.41, 5.74) is 0.0661. The van der Waals surface area contributed by atoms with Crippen LogP contribution in [0.1, 0.15) is 12.0 Å². The first-order valence-corrected chi connectivity index (χ1v) is 5.62. The number of hydrogen-bond acceptors (Lipinski definition) is 5. The van der Waals surface area contributed by atoms with Gasteiger partial charge in [-0.3, -0.25) is 14.9 Å². The van der Waals surface area contributed by atoms with Crippen molar-refractivity contribution >= 4 is 11.7 Å². The Labute approximate surface area is 109 Å². The second kappa shape index (κ2) is 6.79. The van der Waals surface area contributed by atoms with Crippen LogP contribution in [0.15, 0.2) is 18.2 Å². The minimum atomic E-state index is -0.858. The predicted octanol–water partition coefficient (Wildman–Crippen LogP) is 1.73. The molecular formula is C12H15FN2O4. The average molecular weight is 270 g/mol. The van der Waals surface area contributed by atoms with E-state index in [9.17, 15) is 19.3 Å². The first-order chi connectivity index (χ1) is 8.93. The van der Waals surface area contributed by atoms with Crippen LogP contribution in [0.25, 0.3) is 0 Å². The molecule has 0 unspecified atom stereocenters. The Morgan fingerprint density at radius 3 is 2.74 bits per heavy atom. The smallest absolute Gasteiger partial charge is 0.306 e. The fraction of sp³-hybridized carbons (Fsp3) is 0.417. The van der Waals surface area contributed by atoms with Crippen molar-refractivity contribution in [1.82, 2.24) is 4.90 Å². The van der Waals surface area contributed by atoms with Gasteiger partial charge >= 0.3 is 11.7 Å². The Morgan fingerprint density at radius 1 is 1.53 bits per heavy atom. The molecule has 0 N–H and O–H groups in total. The van der Waals surface area contributed by atoms with E-state index in [2.05, 4.69) is 4.74 Å². The molecule has 0 bridgehead atoms. The first kappa shape index (κ1) is 15.0. The van der Waals surface area contributed by atoms with Gasteiger partial charge in [0, 0.05) is 19.2 Å². The molecule has 7 heteroatoms. The zero-order valence-corrected chi connectivity index (χ0v) is 10.8. The van der Waals surface area contributed by atoms with Gasteiger partial charge in [-0.25, -0.2) is 0 Å². The van der Waals surface area contributed by atoms with E-state index in [1.807, 2.05) is 0 Å². The predicted molar refractivity (Wildman–Crippen MR) is 66.0 cm³/mol. The molecule has 0 saturated carbocycles. The zero-order valence-electron chi connectivity index (χ0n) is 10.8. The molecule has 0 fully saturated rings. The van der Waals surface area contributed by atoms with Crippen molar-refractivity contribution in [2.75, 3.05) is 20.7 Å². The first-order valence-electron chi connectivity index (χ1n) is 5.62. The number of benzene rings is 1. The molecule has 0 aliphatic carbocycles. The highest BCUT2D eigenvalue weighted by molar-refractivity contribution is 5.69. The summed E-state index contributed by atoms with van der Waals surface area (Å²) in [5, 5.41) is 10.5. The van der Waals surface area contributed by atoms with Gasteiger partial charge in [0.25, 0.3) is 0 Å². The normalized spacial score (nSPS) is 10.5. The second-order valence-electron chi connectivity index (χ2n) is 4.11. The van der Waals surface area contributed by atoms with Crippen molar-refractivity contribution in [3.05, 3.63) is 39.7 Å². The summed E-state index contributed by atoms with van der Waals surface area (Å²) in [6, 6.07) is 3.77. The number of nitro groups is 1. The summed E-state index contributed by atoms with van der Waals surface area (Å²) in [5.74, 6) is -1.18. The van der Waals surface area contributed by atoms with Crippen molar-refractivity contribution in [3.63, 3.8) is 0 Å². The van der Waals surface area contributed by atoms with Gasteiger partial charge in [0.1, 0.15) is 0 Å². The summed E-state index contributed by atoms with van der Waals surface area (Å²) in [6.45, 7) is 0.858. The number of rotatable bonds is 6. The molecule has 0 aliphatic heterocycles. The number of carbonyl (C=O) groups excluding carboxylic acids is 1. The van der Waals surface area contributed by atoms with Gasteiger partial charge in [0.15, 0.2) is 0 Å². The van der Waals surface area contributed by atoms with E-state index in [0.717, 1.165) is 12.1 Å². The highest BCUT2D eigenvalue weighted by Crippen LogP contribution is 2.18. The van der Waals surface area contributed by atoms with E-state index >= 15 is 0 Å². The van der Waals surface area contributed by atoms with Gasteiger partial charge in [-0.15, -0.1) is 0 Å². The minimum Gasteiger partial charge on any atom is -0.469 e. The van der Waals surface area contributed by atoms with E-state index in [1.54, 1.807) is 11.9 Å². The Kier molecular flexibility index (Phi) is 5.37. The maximum atomic E-state index is 13.4. The van der Waals surface area contributed by atoms with E-state index < -0.39 is 16.4 Å². The van der Waals surface area contributed by atoms with E-state index in [-0.39, 0.29) is 12.4 Å². The third kappa shape index (κ3) is 4.63. The number of ether oxygens (including phenoxy) is 1. The summed E-state index contributed by atoms with van der Waals surface area (Å²) in [7, 11) is 3.08. The van der Waals surface area contributed by atoms with Gasteiger partial charge in [0.05, 0.1) is 18.5 Å². The largest absolute Gasteiger partial charge is 0.469 e. The lowest BCUT2D eigenvalue weighted by Gasteiger charge is -2.15. The zero-order chi connectivity index (χ0) is 14.4. The summed E-state index contributed by atoms with van der Waals surface area (Å²) in [4.78, 5) is 22.5. The third-order valence-electron chi connectivity index (χ3n) is 2.59. The van der Waals surface area contributed by atoms with Crippen molar-refractivity contribution in [2.45, 2.75) is 13.0 Å². The molecule has 0 spiro atoms. The van der Waals surface area contributed by atoms with Crippen LogP contribution in [-0.4, -0.2) is 36.5 Å². The van der Waals surface area contributed by atoms with Crippen molar-refractivity contribution < 1.29 is 18.8 Å². The Morgan fingerprint density at radius 2 is 2.21 bits per heavy atom. The molecule has 1 rings (SSSR count). The summed E-state index contributed by atoms with van der Waals surface area (Å²) >= 11 is 0. The Balaban J connectivity index is 2.60. The molecule has 104 valence electrons. The molecule has 0 aliphatic rings. The van der Waals surface area contributed by atoms with E-state index in [4.69, 9.17) is 0 Å². The molecule has 0 heterocycles. The van der Waals surface area contributed by atoms with Crippen LogP contribution in [0.3, 0.4) is 0 Å². The molecule has 1 aromatic carbocycles. The van der Waals surface area contributed by atoms with E-state index in [0.29, 0.717) is 18.7 Å². The lowest BCUT2D eigenvalue weighted by molar-refractivity contribution is -0.387. The molecule has 1 aromatic rings. The molecule has 0 aromatic heterocycles. The molecule has 6 nitrogen and oxygen atoms in total. The number of hydrogen-bond donors (Lipinski definition) is 0. The lowest BCUT2D eigenvalue weighted by atomic mass is 10.2. The third-order valence-corrected chi connectivity index (χ3v) is 2.59. The number of halogens is 1. The molecule has 0 radical (unpaired) electrons. The Bertz CT molecular complexity index is 479. The van der Waals surface area contributed by atoms with Gasteiger partial charge in [0.2, 0.25) is 5.82 Å². The van der Waals surface area contributed by atoms with Crippen LogP contribution in [0.2, 0.25) is 0 Å². The average Bonchev–Trinajstić information content (AvgIpc) is 2.35. The molecule has 0 saturated heterocycles. The van der Waals surface area contributed by atoms with Gasteiger partial charge < -0.3 is 9.64 Å². The SMILES string of the molecule is COC(=O)CCN(C)Cc1ccc([N+](=O)[O-])c(F)c1. The van der Waals surface area contributed by atoms with Crippen LogP contribution in [0.5, 0.6) is 0 Å². The van der Waals surface area contributed by atoms with Crippen LogP contribution in [0.4, 0.5) is 10.1 Å². The van der Waals surface area contributed by atoms with E-state index in [1.165, 1.54) is 13.2 Å². The fourth-order valence-electron chi connectivity index (χ4n) is 1.57. The van der Waals surface area contributed by atoms with Crippen LogP contribution in [-0.2, 0) is 16.1 Å². The van der Waals surface area contributed by atoms with Crippen molar-refractivity contribution in [3.8, 4) is 0 Å². The maximum Gasteiger partial charge on any atom is 0.306 e. The summed E-state index contributed by atoms with van der Waals surface area (Å²) in [6.07, 6.45) is 0.239. The standard InChI is InChI=1S/C12H15FN2O4/c1-14(6-5-12(16)19-2)8-9-3-4-11(15(17)18)10(13)7-9/h3-4,7H,5-6,8H2,1-2H3. The van der Waals surface area contributed by atoms with Crippen LogP contribution >= 0.6 is 0 Å². The molecular weight excluding hydrogens is 255 g/mol. The van der Waals surface area contributed by atoms with Crippen LogP contribution < -0.4 is 0 Å². The molecule has 19 heavy (non-hydrogen) atoms. The van der Waals surface area contributed by atoms with Crippen LogP contribution in [0, 0.1) is 15.9 Å². The van der Waals surface area contributed by atoms with Gasteiger partial charge in [-0.1, -0.05) is 6.07 Å². The summed E-state index contributed by atoms with van der Waals surface area (Å²) < 4.78 is 17.9. The number of nitro benzene ring substituents is 1. The topological polar surface area (TPSA) is 72.7 Å². The van der Waals surface area contributed by atoms with Gasteiger partial charge in [-0.2, -0.15) is 4.39 Å². The van der Waals surface area contributed by atoms with Crippen molar-refractivity contribution in [2.24, 2.45) is 0 Å².